The molecule has 0 spiro atoms. The Kier molecular flexibility index (Phi) is 2.95. The lowest BCUT2D eigenvalue weighted by atomic mass is 9.80. The van der Waals surface area contributed by atoms with E-state index in [1.54, 1.807) is 0 Å². The van der Waals surface area contributed by atoms with E-state index in [0.717, 1.165) is 11.6 Å². The third-order valence-corrected chi connectivity index (χ3v) is 5.95. The zero-order valence-electron chi connectivity index (χ0n) is 12.6. The monoisotopic (exact) mass is 324 g/mol. The number of imidazole rings is 1. The first-order valence-electron chi connectivity index (χ1n) is 8.19. The highest BCUT2D eigenvalue weighted by Gasteiger charge is 2.47. The quantitative estimate of drug-likeness (QED) is 0.662. The van der Waals surface area contributed by atoms with Crippen molar-refractivity contribution in [3.63, 3.8) is 0 Å². The van der Waals surface area contributed by atoms with Crippen LogP contribution >= 0.6 is 11.6 Å². The first-order valence-corrected chi connectivity index (χ1v) is 8.57. The molecule has 23 heavy (non-hydrogen) atoms. The number of rotatable bonds is 2. The summed E-state index contributed by atoms with van der Waals surface area (Å²) in [6, 6.07) is 11.4. The van der Waals surface area contributed by atoms with E-state index in [2.05, 4.69) is 49.9 Å². The summed E-state index contributed by atoms with van der Waals surface area (Å²) in [7, 11) is 0. The van der Waals surface area contributed by atoms with Gasteiger partial charge in [0.25, 0.3) is 0 Å². The molecule has 4 atom stereocenters. The van der Waals surface area contributed by atoms with Crippen molar-refractivity contribution in [1.82, 2.24) is 19.5 Å². The summed E-state index contributed by atoms with van der Waals surface area (Å²) in [5, 5.41) is 0.441. The zero-order valence-corrected chi connectivity index (χ0v) is 13.4. The number of benzene rings is 1. The van der Waals surface area contributed by atoms with E-state index in [1.807, 2.05) is 6.33 Å². The molecule has 1 aromatic carbocycles. The van der Waals surface area contributed by atoms with Crippen molar-refractivity contribution in [2.24, 2.45) is 11.8 Å². The summed E-state index contributed by atoms with van der Waals surface area (Å²) >= 11 is 6.15. The lowest BCUT2D eigenvalue weighted by molar-refractivity contribution is 0.298. The summed E-state index contributed by atoms with van der Waals surface area (Å²) in [5.41, 5.74) is 3.06. The molecule has 2 bridgehead atoms. The van der Waals surface area contributed by atoms with Gasteiger partial charge in [-0.15, -0.1) is 0 Å². The molecule has 0 amide bonds. The van der Waals surface area contributed by atoms with Crippen LogP contribution in [0.4, 0.5) is 0 Å². The van der Waals surface area contributed by atoms with Crippen LogP contribution in [0.15, 0.2) is 43.0 Å². The Morgan fingerprint density at radius 2 is 1.87 bits per heavy atom. The van der Waals surface area contributed by atoms with E-state index in [0.29, 0.717) is 28.5 Å². The molecule has 2 heterocycles. The third kappa shape index (κ3) is 2.01. The Bertz CT molecular complexity index is 860. The smallest absolute Gasteiger partial charge is 0.165 e. The zero-order chi connectivity index (χ0) is 15.4. The van der Waals surface area contributed by atoms with E-state index in [4.69, 9.17) is 11.6 Å². The van der Waals surface area contributed by atoms with Crippen LogP contribution in [-0.4, -0.2) is 19.5 Å². The molecule has 4 unspecified atom stereocenters. The van der Waals surface area contributed by atoms with E-state index in [9.17, 15) is 0 Å². The van der Waals surface area contributed by atoms with Gasteiger partial charge in [-0.2, -0.15) is 0 Å². The third-order valence-electron chi connectivity index (χ3n) is 5.68. The van der Waals surface area contributed by atoms with Gasteiger partial charge in [-0.3, -0.25) is 0 Å². The fraction of sp³-hybridized carbons (Fsp3) is 0.389. The highest BCUT2D eigenvalue weighted by molar-refractivity contribution is 6.33. The lowest BCUT2D eigenvalue weighted by Gasteiger charge is -2.30. The van der Waals surface area contributed by atoms with E-state index >= 15 is 0 Å². The summed E-state index contributed by atoms with van der Waals surface area (Å²) in [4.78, 5) is 12.9. The number of nitrogens with zero attached hydrogens (tertiary/aromatic N) is 4. The van der Waals surface area contributed by atoms with Gasteiger partial charge in [0.15, 0.2) is 10.8 Å². The van der Waals surface area contributed by atoms with Crippen LogP contribution < -0.4 is 0 Å². The normalized spacial score (nSPS) is 29.4. The minimum absolute atomic E-state index is 0.441. The molecule has 0 aliphatic heterocycles. The molecule has 2 fully saturated rings. The van der Waals surface area contributed by atoms with Crippen LogP contribution in [0.1, 0.15) is 36.8 Å². The van der Waals surface area contributed by atoms with Gasteiger partial charge >= 0.3 is 0 Å². The van der Waals surface area contributed by atoms with Gasteiger partial charge in [0, 0.05) is 6.04 Å². The molecule has 0 N–H and O–H groups in total. The highest BCUT2D eigenvalue weighted by Crippen LogP contribution is 2.58. The molecule has 4 nitrogen and oxygen atoms in total. The Labute approximate surface area is 139 Å². The second-order valence-corrected chi connectivity index (χ2v) is 7.17. The van der Waals surface area contributed by atoms with Crippen molar-refractivity contribution in [2.75, 3.05) is 0 Å². The van der Waals surface area contributed by atoms with Gasteiger partial charge in [0.2, 0.25) is 0 Å². The Morgan fingerprint density at radius 3 is 2.70 bits per heavy atom. The maximum atomic E-state index is 6.15. The van der Waals surface area contributed by atoms with E-state index < -0.39 is 0 Å². The van der Waals surface area contributed by atoms with Crippen molar-refractivity contribution >= 4 is 22.8 Å². The molecule has 3 aromatic rings. The molecule has 2 aliphatic rings. The van der Waals surface area contributed by atoms with Crippen molar-refractivity contribution < 1.29 is 0 Å². The minimum Gasteiger partial charge on any atom is -0.312 e. The molecule has 0 saturated heterocycles. The first kappa shape index (κ1) is 13.5. The predicted octanol–water partition coefficient (Wildman–Crippen LogP) is 4.23. The number of hydrogen-bond acceptors (Lipinski definition) is 3. The standard InChI is InChI=1S/C18H17ClN4/c19-17-16-18(21-9-20-17)23(10-22-16)15-8-11-6-13(14(15)7-11)12-4-2-1-3-5-12/h1-5,9-11,13-15H,6-8H2. The fourth-order valence-corrected chi connectivity index (χ4v) is 4.96. The fourth-order valence-electron chi connectivity index (χ4n) is 4.78. The van der Waals surface area contributed by atoms with Crippen molar-refractivity contribution in [3.8, 4) is 0 Å². The molecular formula is C18H17ClN4. The SMILES string of the molecule is Clc1ncnc2c1ncn2C1CC2CC(c3ccccc3)C1C2. The average molecular weight is 325 g/mol. The van der Waals surface area contributed by atoms with Gasteiger partial charge in [0.05, 0.1) is 6.33 Å². The summed E-state index contributed by atoms with van der Waals surface area (Å²) in [6.45, 7) is 0. The number of fused-ring (bicyclic) bond motifs is 3. The predicted molar refractivity (Wildman–Crippen MR) is 89.4 cm³/mol. The summed E-state index contributed by atoms with van der Waals surface area (Å²) in [6.07, 6.45) is 7.28. The van der Waals surface area contributed by atoms with Gasteiger partial charge in [-0.1, -0.05) is 41.9 Å². The van der Waals surface area contributed by atoms with Crippen molar-refractivity contribution in [3.05, 3.63) is 53.7 Å². The second-order valence-electron chi connectivity index (χ2n) is 6.81. The second kappa shape index (κ2) is 5.03. The Balaban J connectivity index is 1.55. The molecule has 5 heteroatoms. The van der Waals surface area contributed by atoms with Gasteiger partial charge < -0.3 is 4.57 Å². The van der Waals surface area contributed by atoms with Crippen LogP contribution in [0.25, 0.3) is 11.2 Å². The average Bonchev–Trinajstić information content (AvgIpc) is 3.29. The number of halogens is 1. The summed E-state index contributed by atoms with van der Waals surface area (Å²) in [5.74, 6) is 2.12. The van der Waals surface area contributed by atoms with Gasteiger partial charge in [0.1, 0.15) is 11.8 Å². The van der Waals surface area contributed by atoms with Crippen LogP contribution in [0.3, 0.4) is 0 Å². The van der Waals surface area contributed by atoms with Crippen molar-refractivity contribution in [2.45, 2.75) is 31.2 Å². The van der Waals surface area contributed by atoms with Gasteiger partial charge in [-0.05, 0) is 42.6 Å². The summed E-state index contributed by atoms with van der Waals surface area (Å²) < 4.78 is 2.24. The highest BCUT2D eigenvalue weighted by atomic mass is 35.5. The Hall–Kier alpha value is -1.94. The molecule has 2 aromatic heterocycles. The topological polar surface area (TPSA) is 43.6 Å². The molecular weight excluding hydrogens is 308 g/mol. The largest absolute Gasteiger partial charge is 0.312 e. The first-order chi connectivity index (χ1) is 11.3. The molecule has 116 valence electrons. The molecule has 2 saturated carbocycles. The number of aromatic nitrogens is 4. The van der Waals surface area contributed by atoms with Crippen LogP contribution in [0.5, 0.6) is 0 Å². The maximum absolute atomic E-state index is 6.15. The molecule has 5 rings (SSSR count). The maximum Gasteiger partial charge on any atom is 0.165 e. The minimum atomic E-state index is 0.441. The van der Waals surface area contributed by atoms with E-state index in [-0.39, 0.29) is 0 Å². The lowest BCUT2D eigenvalue weighted by Crippen LogP contribution is -2.22. The van der Waals surface area contributed by atoms with Crippen LogP contribution in [0.2, 0.25) is 5.15 Å². The number of hydrogen-bond donors (Lipinski definition) is 0. The Morgan fingerprint density at radius 1 is 1.00 bits per heavy atom. The van der Waals surface area contributed by atoms with Crippen LogP contribution in [0, 0.1) is 11.8 Å². The molecule has 0 radical (unpaired) electrons. The molecule has 2 aliphatic carbocycles. The van der Waals surface area contributed by atoms with Crippen molar-refractivity contribution in [1.29, 1.82) is 0 Å². The van der Waals surface area contributed by atoms with E-state index in [1.165, 1.54) is 31.2 Å². The van der Waals surface area contributed by atoms with Gasteiger partial charge in [-0.25, -0.2) is 15.0 Å². The van der Waals surface area contributed by atoms with Crippen LogP contribution in [-0.2, 0) is 0 Å².